The lowest BCUT2D eigenvalue weighted by atomic mass is 10.0. The molecule has 38 heavy (non-hydrogen) atoms. The number of esters is 1. The fourth-order valence-electron chi connectivity index (χ4n) is 4.24. The van der Waals surface area contributed by atoms with Crippen LogP contribution in [0.3, 0.4) is 0 Å². The molecule has 9 heteroatoms. The third-order valence-electron chi connectivity index (χ3n) is 6.54. The van der Waals surface area contributed by atoms with Crippen molar-refractivity contribution in [1.29, 1.82) is 0 Å². The minimum atomic E-state index is -4.32. The molecule has 8 nitrogen and oxygen atoms in total. The predicted octanol–water partition coefficient (Wildman–Crippen LogP) is 7.28. The summed E-state index contributed by atoms with van der Waals surface area (Å²) in [5, 5.41) is 0. The van der Waals surface area contributed by atoms with Crippen LogP contribution >= 0.6 is 7.82 Å². The van der Waals surface area contributed by atoms with E-state index in [9.17, 15) is 14.3 Å². The van der Waals surface area contributed by atoms with Crippen LogP contribution in [0.1, 0.15) is 118 Å². The molecule has 0 aromatic carbocycles. The normalized spacial score (nSPS) is 15.4. The summed E-state index contributed by atoms with van der Waals surface area (Å²) in [6.07, 6.45) is 16.5. The Kier molecular flexibility index (Phi) is 21.9. The molecule has 0 fully saturated rings. The van der Waals surface area contributed by atoms with Gasteiger partial charge in [-0.15, -0.1) is 0 Å². The maximum absolute atomic E-state index is 12.6. The Morgan fingerprint density at radius 1 is 0.816 bits per heavy atom. The Bertz CT molecular complexity index is 625. The van der Waals surface area contributed by atoms with E-state index in [1.807, 2.05) is 35.0 Å². The molecule has 0 heterocycles. The molecule has 0 saturated heterocycles. The zero-order chi connectivity index (χ0) is 28.9. The fraction of sp³-hybridized carbons (Fsp3) is 0.966. The third-order valence-corrected chi connectivity index (χ3v) is 7.56. The highest BCUT2D eigenvalue weighted by molar-refractivity contribution is 7.47. The summed E-state index contributed by atoms with van der Waals surface area (Å²) in [7, 11) is 1.58. The minimum Gasteiger partial charge on any atom is -0.457 e. The van der Waals surface area contributed by atoms with E-state index >= 15 is 0 Å². The Balaban J connectivity index is 4.21. The number of hydrogen-bond acceptors (Lipinski definition) is 6. The van der Waals surface area contributed by atoms with Crippen molar-refractivity contribution in [2.24, 2.45) is 5.92 Å². The largest absolute Gasteiger partial charge is 0.472 e. The van der Waals surface area contributed by atoms with Gasteiger partial charge in [0.05, 0.1) is 27.7 Å². The highest BCUT2D eigenvalue weighted by Crippen LogP contribution is 2.46. The zero-order valence-electron chi connectivity index (χ0n) is 25.8. The molecule has 0 aliphatic carbocycles. The zero-order valence-corrected chi connectivity index (χ0v) is 26.6. The second-order valence-corrected chi connectivity index (χ2v) is 13.4. The molecule has 0 aliphatic heterocycles. The van der Waals surface area contributed by atoms with E-state index in [0.717, 1.165) is 12.8 Å². The average Bonchev–Trinajstić information content (AvgIpc) is 2.80. The van der Waals surface area contributed by atoms with Crippen LogP contribution in [0.5, 0.6) is 0 Å². The van der Waals surface area contributed by atoms with Crippen molar-refractivity contribution in [3.63, 3.8) is 0 Å². The lowest BCUT2D eigenvalue weighted by molar-refractivity contribution is -0.870. The first-order chi connectivity index (χ1) is 17.9. The number of ether oxygens (including phenoxy) is 2. The summed E-state index contributed by atoms with van der Waals surface area (Å²) in [5.41, 5.74) is 0. The van der Waals surface area contributed by atoms with Crippen molar-refractivity contribution in [3.8, 4) is 0 Å². The Morgan fingerprint density at radius 2 is 1.29 bits per heavy atom. The quantitative estimate of drug-likeness (QED) is 0.0509. The van der Waals surface area contributed by atoms with Crippen LogP contribution in [0.4, 0.5) is 0 Å². The molecule has 3 unspecified atom stereocenters. The van der Waals surface area contributed by atoms with Crippen molar-refractivity contribution >= 4 is 13.8 Å². The van der Waals surface area contributed by atoms with Crippen molar-refractivity contribution in [1.82, 2.24) is 0 Å². The van der Waals surface area contributed by atoms with Gasteiger partial charge >= 0.3 is 13.8 Å². The molecule has 3 atom stereocenters. The van der Waals surface area contributed by atoms with Crippen molar-refractivity contribution in [3.05, 3.63) is 0 Å². The van der Waals surface area contributed by atoms with E-state index in [0.29, 0.717) is 17.6 Å². The van der Waals surface area contributed by atoms with Crippen LogP contribution in [-0.2, 0) is 27.9 Å². The van der Waals surface area contributed by atoms with Gasteiger partial charge in [-0.05, 0) is 12.3 Å². The second kappa shape index (κ2) is 22.2. The van der Waals surface area contributed by atoms with Crippen LogP contribution < -0.4 is 0 Å². The third kappa shape index (κ3) is 23.4. The van der Waals surface area contributed by atoms with E-state index in [2.05, 4.69) is 6.92 Å². The monoisotopic (exact) mass is 566 g/mol. The molecule has 0 aromatic rings. The van der Waals surface area contributed by atoms with E-state index < -0.39 is 26.0 Å². The Labute approximate surface area is 234 Å². The van der Waals surface area contributed by atoms with Crippen LogP contribution in [0, 0.1) is 5.92 Å². The number of rotatable bonds is 26. The highest BCUT2D eigenvalue weighted by Gasteiger charge is 2.36. The Morgan fingerprint density at radius 3 is 1.71 bits per heavy atom. The first kappa shape index (κ1) is 37.5. The lowest BCUT2D eigenvalue weighted by Gasteiger charge is -2.31. The molecular weight excluding hydrogens is 505 g/mol. The lowest BCUT2D eigenvalue weighted by Crippen LogP contribution is -2.40. The van der Waals surface area contributed by atoms with Crippen LogP contribution in [0.2, 0.25) is 0 Å². The first-order valence-corrected chi connectivity index (χ1v) is 16.6. The molecule has 1 N–H and O–H groups in total. The number of quaternary nitrogens is 1. The van der Waals surface area contributed by atoms with Gasteiger partial charge < -0.3 is 18.9 Å². The molecule has 0 aliphatic rings. The summed E-state index contributed by atoms with van der Waals surface area (Å²) in [6, 6.07) is 0. The number of carbonyl (C=O) groups is 1. The van der Waals surface area contributed by atoms with E-state index in [-0.39, 0.29) is 19.1 Å². The number of phosphoric acid groups is 1. The standard InChI is InChI=1S/C29H60NO7P/c1-8-9-10-11-12-13-14-15-16-17-18-19-20-21-23-34-25-28(36-27(4)31)29(26(2)3)37-38(32,33)35-24-22-30(5,6)7/h26,28-29H,8-25H2,1-7H3/p+1. The van der Waals surface area contributed by atoms with E-state index in [4.69, 9.17) is 18.5 Å². The summed E-state index contributed by atoms with van der Waals surface area (Å²) >= 11 is 0. The number of carbonyl (C=O) groups excluding carboxylic acids is 1. The van der Waals surface area contributed by atoms with Gasteiger partial charge in [-0.1, -0.05) is 104 Å². The van der Waals surface area contributed by atoms with Gasteiger partial charge in [0, 0.05) is 13.5 Å². The summed E-state index contributed by atoms with van der Waals surface area (Å²) < 4.78 is 35.0. The van der Waals surface area contributed by atoms with Gasteiger partial charge in [-0.2, -0.15) is 0 Å². The fourth-order valence-corrected chi connectivity index (χ4v) is 5.30. The van der Waals surface area contributed by atoms with E-state index in [1.165, 1.54) is 84.0 Å². The van der Waals surface area contributed by atoms with Crippen molar-refractivity contribution < 1.29 is 37.3 Å². The van der Waals surface area contributed by atoms with Gasteiger partial charge in [-0.3, -0.25) is 13.8 Å². The first-order valence-electron chi connectivity index (χ1n) is 15.1. The molecule has 0 saturated carbocycles. The maximum Gasteiger partial charge on any atom is 0.472 e. The van der Waals surface area contributed by atoms with Gasteiger partial charge in [0.1, 0.15) is 19.3 Å². The number of hydrogen-bond donors (Lipinski definition) is 1. The van der Waals surface area contributed by atoms with Gasteiger partial charge in [0.2, 0.25) is 0 Å². The summed E-state index contributed by atoms with van der Waals surface area (Å²) in [6.45, 7) is 8.57. The van der Waals surface area contributed by atoms with Crippen LogP contribution in [0.15, 0.2) is 0 Å². The van der Waals surface area contributed by atoms with Crippen molar-refractivity contribution in [2.45, 2.75) is 130 Å². The van der Waals surface area contributed by atoms with Gasteiger partial charge in [0.25, 0.3) is 0 Å². The molecule has 0 rings (SSSR count). The highest BCUT2D eigenvalue weighted by atomic mass is 31.2. The smallest absolute Gasteiger partial charge is 0.457 e. The molecule has 0 radical (unpaired) electrons. The average molecular weight is 567 g/mol. The number of likely N-dealkylation sites (N-methyl/N-ethyl adjacent to an activating group) is 1. The van der Waals surface area contributed by atoms with Gasteiger partial charge in [0.15, 0.2) is 6.10 Å². The SMILES string of the molecule is CCCCCCCCCCCCCCCCOCC(OC(C)=O)C(OP(=O)(O)OCC[N+](C)(C)C)C(C)C. The topological polar surface area (TPSA) is 91.3 Å². The van der Waals surface area contributed by atoms with Crippen LogP contribution in [0.25, 0.3) is 0 Å². The molecular formula is C29H61NO7P+. The van der Waals surface area contributed by atoms with E-state index in [1.54, 1.807) is 0 Å². The second-order valence-electron chi connectivity index (χ2n) is 11.9. The molecule has 0 spiro atoms. The van der Waals surface area contributed by atoms with Gasteiger partial charge in [-0.25, -0.2) is 4.57 Å². The maximum atomic E-state index is 12.6. The number of phosphoric ester groups is 1. The molecule has 0 amide bonds. The van der Waals surface area contributed by atoms with Crippen molar-refractivity contribution in [2.75, 3.05) is 47.5 Å². The minimum absolute atomic E-state index is 0.0793. The molecule has 228 valence electrons. The number of unbranched alkanes of at least 4 members (excludes halogenated alkanes) is 13. The molecule has 0 bridgehead atoms. The summed E-state index contributed by atoms with van der Waals surface area (Å²) in [4.78, 5) is 22.0. The molecule has 0 aromatic heterocycles. The Hall–Kier alpha value is -0.500. The predicted molar refractivity (Wildman–Crippen MR) is 155 cm³/mol. The summed E-state index contributed by atoms with van der Waals surface area (Å²) in [5.74, 6) is -0.672. The number of nitrogens with zero attached hydrogens (tertiary/aromatic N) is 1. The van der Waals surface area contributed by atoms with Crippen LogP contribution in [-0.4, -0.2) is 75.1 Å².